The van der Waals surface area contributed by atoms with Crippen molar-refractivity contribution in [2.45, 2.75) is 13.0 Å². The first-order chi connectivity index (χ1) is 10.5. The molecule has 22 heavy (non-hydrogen) atoms. The van der Waals surface area contributed by atoms with Crippen LogP contribution < -0.4 is 14.8 Å². The molecule has 0 bridgehead atoms. The van der Waals surface area contributed by atoms with E-state index in [1.54, 1.807) is 56.5 Å². The SMILES string of the molecule is COc1cccc(NC(=O)[C@@H](C)Oc2ccc(Br)cc2Cl)c1. The molecule has 0 radical (unpaired) electrons. The zero-order valence-electron chi connectivity index (χ0n) is 12.1. The lowest BCUT2D eigenvalue weighted by Gasteiger charge is -2.16. The maximum absolute atomic E-state index is 12.2. The third-order valence-electron chi connectivity index (χ3n) is 2.90. The second-order valence-electron chi connectivity index (χ2n) is 4.56. The molecule has 0 spiro atoms. The summed E-state index contributed by atoms with van der Waals surface area (Å²) in [7, 11) is 1.57. The van der Waals surface area contributed by atoms with Gasteiger partial charge in [-0.15, -0.1) is 0 Å². The molecule has 0 heterocycles. The monoisotopic (exact) mass is 383 g/mol. The Labute approximate surface area is 142 Å². The largest absolute Gasteiger partial charge is 0.497 e. The number of anilines is 1. The van der Waals surface area contributed by atoms with Gasteiger partial charge in [0.2, 0.25) is 0 Å². The second-order valence-corrected chi connectivity index (χ2v) is 5.88. The Morgan fingerprint density at radius 1 is 1.27 bits per heavy atom. The summed E-state index contributed by atoms with van der Waals surface area (Å²) in [6.07, 6.45) is -0.690. The summed E-state index contributed by atoms with van der Waals surface area (Å²) in [5.41, 5.74) is 0.640. The maximum atomic E-state index is 12.2. The van der Waals surface area contributed by atoms with E-state index in [1.165, 1.54) is 0 Å². The molecule has 0 fully saturated rings. The quantitative estimate of drug-likeness (QED) is 0.824. The number of ether oxygens (including phenoxy) is 2. The van der Waals surface area contributed by atoms with E-state index in [0.717, 1.165) is 4.47 Å². The predicted octanol–water partition coefficient (Wildman–Crippen LogP) is 4.52. The lowest BCUT2D eigenvalue weighted by molar-refractivity contribution is -0.122. The van der Waals surface area contributed by atoms with Crippen LogP contribution >= 0.6 is 27.5 Å². The lowest BCUT2D eigenvalue weighted by Crippen LogP contribution is -2.30. The molecule has 4 nitrogen and oxygen atoms in total. The molecule has 0 aromatic heterocycles. The van der Waals surface area contributed by atoms with E-state index in [2.05, 4.69) is 21.2 Å². The molecular weight excluding hydrogens is 370 g/mol. The summed E-state index contributed by atoms with van der Waals surface area (Å²) in [5.74, 6) is 0.854. The summed E-state index contributed by atoms with van der Waals surface area (Å²) in [5, 5.41) is 3.21. The first-order valence-corrected chi connectivity index (χ1v) is 7.73. The molecule has 0 saturated carbocycles. The van der Waals surface area contributed by atoms with Gasteiger partial charge in [-0.25, -0.2) is 0 Å². The topological polar surface area (TPSA) is 47.6 Å². The van der Waals surface area contributed by atoms with Crippen molar-refractivity contribution < 1.29 is 14.3 Å². The Hall–Kier alpha value is -1.72. The number of halogens is 2. The Balaban J connectivity index is 2.02. The van der Waals surface area contributed by atoms with E-state index in [9.17, 15) is 4.79 Å². The first-order valence-electron chi connectivity index (χ1n) is 6.56. The van der Waals surface area contributed by atoms with Gasteiger partial charge in [0.25, 0.3) is 5.91 Å². The van der Waals surface area contributed by atoms with Crippen molar-refractivity contribution in [3.63, 3.8) is 0 Å². The molecule has 1 N–H and O–H groups in total. The Morgan fingerprint density at radius 2 is 2.05 bits per heavy atom. The van der Waals surface area contributed by atoms with Crippen molar-refractivity contribution >= 4 is 39.1 Å². The van der Waals surface area contributed by atoms with Crippen LogP contribution in [0.25, 0.3) is 0 Å². The van der Waals surface area contributed by atoms with E-state index in [4.69, 9.17) is 21.1 Å². The molecule has 116 valence electrons. The minimum atomic E-state index is -0.690. The van der Waals surface area contributed by atoms with Gasteiger partial charge in [0.15, 0.2) is 6.10 Å². The molecule has 0 saturated heterocycles. The fourth-order valence-corrected chi connectivity index (χ4v) is 2.48. The Morgan fingerprint density at radius 3 is 2.73 bits per heavy atom. The van der Waals surface area contributed by atoms with Crippen LogP contribution in [0, 0.1) is 0 Å². The third-order valence-corrected chi connectivity index (χ3v) is 3.69. The molecule has 1 atom stereocenters. The number of methoxy groups -OCH3 is 1. The number of carbonyl (C=O) groups is 1. The average molecular weight is 385 g/mol. The summed E-state index contributed by atoms with van der Waals surface area (Å²) in [6, 6.07) is 12.3. The fourth-order valence-electron chi connectivity index (χ4n) is 1.76. The van der Waals surface area contributed by atoms with Crippen molar-refractivity contribution in [1.29, 1.82) is 0 Å². The maximum Gasteiger partial charge on any atom is 0.265 e. The number of carbonyl (C=O) groups excluding carboxylic acids is 1. The number of nitrogens with one attached hydrogen (secondary N) is 1. The predicted molar refractivity (Wildman–Crippen MR) is 90.9 cm³/mol. The van der Waals surface area contributed by atoms with Crippen molar-refractivity contribution in [2.24, 2.45) is 0 Å². The summed E-state index contributed by atoms with van der Waals surface area (Å²) < 4.78 is 11.6. The molecular formula is C16H15BrClNO3. The summed E-state index contributed by atoms with van der Waals surface area (Å²) in [6.45, 7) is 1.66. The van der Waals surface area contributed by atoms with Gasteiger partial charge in [0.1, 0.15) is 11.5 Å². The third kappa shape index (κ3) is 4.39. The van der Waals surface area contributed by atoms with Gasteiger partial charge in [0, 0.05) is 16.2 Å². The van der Waals surface area contributed by atoms with Crippen molar-refractivity contribution in [3.05, 3.63) is 52.0 Å². The van der Waals surface area contributed by atoms with Gasteiger partial charge in [-0.2, -0.15) is 0 Å². The molecule has 2 rings (SSSR count). The fraction of sp³-hybridized carbons (Fsp3) is 0.188. The molecule has 2 aromatic carbocycles. The van der Waals surface area contributed by atoms with Crippen LogP contribution in [0.5, 0.6) is 11.5 Å². The number of amides is 1. The molecule has 0 aliphatic rings. The minimum Gasteiger partial charge on any atom is -0.497 e. The van der Waals surface area contributed by atoms with Gasteiger partial charge in [0.05, 0.1) is 12.1 Å². The number of rotatable bonds is 5. The highest BCUT2D eigenvalue weighted by molar-refractivity contribution is 9.10. The van der Waals surface area contributed by atoms with Gasteiger partial charge in [-0.05, 0) is 37.3 Å². The van der Waals surface area contributed by atoms with Crippen LogP contribution in [0.1, 0.15) is 6.92 Å². The minimum absolute atomic E-state index is 0.271. The van der Waals surface area contributed by atoms with Crippen LogP contribution in [-0.4, -0.2) is 19.1 Å². The van der Waals surface area contributed by atoms with Crippen LogP contribution in [0.4, 0.5) is 5.69 Å². The van der Waals surface area contributed by atoms with E-state index in [-0.39, 0.29) is 5.91 Å². The summed E-state index contributed by atoms with van der Waals surface area (Å²) >= 11 is 9.39. The smallest absolute Gasteiger partial charge is 0.265 e. The van der Waals surface area contributed by atoms with Crippen molar-refractivity contribution in [2.75, 3.05) is 12.4 Å². The van der Waals surface area contributed by atoms with Crippen molar-refractivity contribution in [3.8, 4) is 11.5 Å². The summed E-state index contributed by atoms with van der Waals surface area (Å²) in [4.78, 5) is 12.2. The molecule has 2 aromatic rings. The van der Waals surface area contributed by atoms with Gasteiger partial charge in [-0.1, -0.05) is 33.6 Å². The lowest BCUT2D eigenvalue weighted by atomic mass is 10.2. The normalized spacial score (nSPS) is 11.6. The van der Waals surface area contributed by atoms with Gasteiger partial charge < -0.3 is 14.8 Å². The molecule has 0 unspecified atom stereocenters. The average Bonchev–Trinajstić information content (AvgIpc) is 2.50. The number of benzene rings is 2. The standard InChI is InChI=1S/C16H15BrClNO3/c1-10(22-15-7-6-11(17)8-14(15)18)16(20)19-12-4-3-5-13(9-12)21-2/h3-10H,1-2H3,(H,19,20)/t10-/m1/s1. The van der Waals surface area contributed by atoms with E-state index >= 15 is 0 Å². The van der Waals surface area contributed by atoms with E-state index < -0.39 is 6.10 Å². The molecule has 0 aliphatic carbocycles. The van der Waals surface area contributed by atoms with E-state index in [1.807, 2.05) is 0 Å². The Kier molecular flexibility index (Phi) is 5.69. The highest BCUT2D eigenvalue weighted by Crippen LogP contribution is 2.28. The van der Waals surface area contributed by atoms with E-state index in [0.29, 0.717) is 22.2 Å². The highest BCUT2D eigenvalue weighted by Gasteiger charge is 2.16. The highest BCUT2D eigenvalue weighted by atomic mass is 79.9. The zero-order valence-corrected chi connectivity index (χ0v) is 14.4. The first kappa shape index (κ1) is 16.6. The molecule has 0 aliphatic heterocycles. The number of hydrogen-bond donors (Lipinski definition) is 1. The van der Waals surface area contributed by atoms with Crippen LogP contribution in [0.2, 0.25) is 5.02 Å². The molecule has 6 heteroatoms. The Bertz CT molecular complexity index is 678. The van der Waals surface area contributed by atoms with Gasteiger partial charge >= 0.3 is 0 Å². The van der Waals surface area contributed by atoms with Crippen LogP contribution in [-0.2, 0) is 4.79 Å². The second kappa shape index (κ2) is 7.51. The van der Waals surface area contributed by atoms with Crippen LogP contribution in [0.3, 0.4) is 0 Å². The number of hydrogen-bond acceptors (Lipinski definition) is 3. The zero-order chi connectivity index (χ0) is 16.1. The van der Waals surface area contributed by atoms with Gasteiger partial charge in [-0.3, -0.25) is 4.79 Å². The van der Waals surface area contributed by atoms with Crippen LogP contribution in [0.15, 0.2) is 46.9 Å². The van der Waals surface area contributed by atoms with Crippen molar-refractivity contribution in [1.82, 2.24) is 0 Å². The molecule has 1 amide bonds.